The van der Waals surface area contributed by atoms with Crippen LogP contribution in [0.4, 0.5) is 0 Å². The second kappa shape index (κ2) is 5.24. The first-order chi connectivity index (χ1) is 7.01. The Balaban J connectivity index is 2.98. The van der Waals surface area contributed by atoms with E-state index in [-0.39, 0.29) is 0 Å². The monoisotopic (exact) mass is 261 g/mol. The van der Waals surface area contributed by atoms with Crippen molar-refractivity contribution in [1.82, 2.24) is 13.1 Å². The van der Waals surface area contributed by atoms with Gasteiger partial charge in [-0.05, 0) is 38.8 Å². The Hall–Kier alpha value is 0.531. The van der Waals surface area contributed by atoms with Crippen molar-refractivity contribution in [2.24, 2.45) is 0 Å². The Bertz CT molecular complexity index is 199. The van der Waals surface area contributed by atoms with Gasteiger partial charge in [-0.2, -0.15) is 0 Å². The zero-order valence-electron chi connectivity index (χ0n) is 11.2. The summed E-state index contributed by atoms with van der Waals surface area (Å²) in [5, 5.41) is 0. The Labute approximate surface area is 99.5 Å². The van der Waals surface area contributed by atoms with E-state index in [0.29, 0.717) is 0 Å². The van der Waals surface area contributed by atoms with Gasteiger partial charge in [0.15, 0.2) is 26.6 Å². The Morgan fingerprint density at radius 2 is 1.40 bits per heavy atom. The van der Waals surface area contributed by atoms with Crippen LogP contribution in [0.25, 0.3) is 0 Å². The average Bonchev–Trinajstić information content (AvgIpc) is 2.18. The molecule has 0 bridgehead atoms. The zero-order valence-corrected chi connectivity index (χ0v) is 14.5. The summed E-state index contributed by atoms with van der Waals surface area (Å²) in [6.07, 6.45) is 0. The molecule has 1 N–H and O–H groups in total. The van der Waals surface area contributed by atoms with Crippen LogP contribution in [0.15, 0.2) is 0 Å². The predicted molar refractivity (Wildman–Crippen MR) is 76.0 cm³/mol. The number of hydrogen-bond acceptors (Lipinski definition) is 3. The SMILES string of the molecule is CCN1[SiH](C)N[SiH](C)N(CC)[Si]1(C)CC. The topological polar surface area (TPSA) is 18.5 Å². The van der Waals surface area contributed by atoms with E-state index in [1.807, 2.05) is 0 Å². The van der Waals surface area contributed by atoms with Crippen LogP contribution in [0, 0.1) is 0 Å². The van der Waals surface area contributed by atoms with Crippen LogP contribution in [0.2, 0.25) is 25.7 Å². The van der Waals surface area contributed by atoms with E-state index in [1.54, 1.807) is 0 Å². The van der Waals surface area contributed by atoms with E-state index >= 15 is 0 Å². The zero-order chi connectivity index (χ0) is 11.6. The van der Waals surface area contributed by atoms with Gasteiger partial charge in [0.1, 0.15) is 0 Å². The first-order valence-electron chi connectivity index (χ1n) is 6.30. The van der Waals surface area contributed by atoms with Gasteiger partial charge in [-0.1, -0.05) is 20.8 Å². The summed E-state index contributed by atoms with van der Waals surface area (Å²) in [4.78, 5) is 0. The fraction of sp³-hybridized carbons (Fsp3) is 1.00. The van der Waals surface area contributed by atoms with Gasteiger partial charge < -0.3 is 13.1 Å². The number of nitrogens with zero attached hydrogens (tertiary/aromatic N) is 2. The summed E-state index contributed by atoms with van der Waals surface area (Å²) >= 11 is 0. The highest BCUT2D eigenvalue weighted by Crippen LogP contribution is 2.25. The van der Waals surface area contributed by atoms with Crippen LogP contribution >= 0.6 is 0 Å². The minimum absolute atomic E-state index is 0.797. The van der Waals surface area contributed by atoms with Crippen LogP contribution in [-0.2, 0) is 0 Å². The van der Waals surface area contributed by atoms with Gasteiger partial charge in [-0.3, -0.25) is 0 Å². The minimum Gasteiger partial charge on any atom is -0.341 e. The lowest BCUT2D eigenvalue weighted by molar-refractivity contribution is 0.511. The molecule has 0 aromatic heterocycles. The Kier molecular flexibility index (Phi) is 4.75. The molecule has 1 heterocycles. The third-order valence-corrected chi connectivity index (χ3v) is 20.6. The molecule has 1 saturated heterocycles. The molecule has 6 heteroatoms. The molecule has 0 aliphatic carbocycles. The van der Waals surface area contributed by atoms with Gasteiger partial charge in [0, 0.05) is 0 Å². The van der Waals surface area contributed by atoms with Crippen molar-refractivity contribution in [3.8, 4) is 0 Å². The Morgan fingerprint density at radius 3 is 1.67 bits per heavy atom. The summed E-state index contributed by atoms with van der Waals surface area (Å²) in [7, 11) is -2.86. The quantitative estimate of drug-likeness (QED) is 0.766. The first-order valence-corrected chi connectivity index (χ1v) is 13.4. The van der Waals surface area contributed by atoms with E-state index in [0.717, 1.165) is 0 Å². The maximum absolute atomic E-state index is 3.94. The first kappa shape index (κ1) is 13.6. The summed E-state index contributed by atoms with van der Waals surface area (Å²) in [6, 6.07) is 1.38. The van der Waals surface area contributed by atoms with E-state index in [1.165, 1.54) is 19.1 Å². The van der Waals surface area contributed by atoms with E-state index < -0.39 is 26.6 Å². The summed E-state index contributed by atoms with van der Waals surface area (Å²) < 4.78 is 9.66. The molecular weight excluding hydrogens is 234 g/mol. The molecule has 0 aromatic rings. The van der Waals surface area contributed by atoms with Crippen molar-refractivity contribution in [2.45, 2.75) is 46.5 Å². The molecule has 0 amide bonds. The highest BCUT2D eigenvalue weighted by Gasteiger charge is 2.46. The van der Waals surface area contributed by atoms with E-state index in [2.05, 4.69) is 53.5 Å². The lowest BCUT2D eigenvalue weighted by Crippen LogP contribution is -2.80. The molecule has 0 radical (unpaired) electrons. The molecule has 0 aromatic carbocycles. The normalized spacial score (nSPS) is 39.6. The highest BCUT2D eigenvalue weighted by atomic mass is 28.5. The largest absolute Gasteiger partial charge is 0.341 e. The second-order valence-electron chi connectivity index (χ2n) is 4.66. The number of nitrogens with one attached hydrogen (secondary N) is 1. The van der Waals surface area contributed by atoms with Crippen molar-refractivity contribution < 1.29 is 0 Å². The van der Waals surface area contributed by atoms with E-state index in [9.17, 15) is 0 Å². The van der Waals surface area contributed by atoms with Gasteiger partial charge in [0.2, 0.25) is 0 Å². The standard InChI is InChI=1S/C9H27N3Si3/c1-7-11-13(4)10-14(5)12(8-2)15(11,6)9-3/h10,13-14H,7-9H2,1-6H3. The van der Waals surface area contributed by atoms with Gasteiger partial charge >= 0.3 is 0 Å². The lowest BCUT2D eigenvalue weighted by atomic mass is 10.8. The maximum atomic E-state index is 3.94. The average molecular weight is 262 g/mol. The van der Waals surface area contributed by atoms with E-state index in [4.69, 9.17) is 0 Å². The molecule has 3 nitrogen and oxygen atoms in total. The number of rotatable bonds is 3. The third-order valence-electron chi connectivity index (χ3n) is 4.01. The summed E-state index contributed by atoms with van der Waals surface area (Å²) in [5.74, 6) is 0. The molecule has 0 saturated carbocycles. The highest BCUT2D eigenvalue weighted by molar-refractivity contribution is 6.93. The fourth-order valence-electron chi connectivity index (χ4n) is 3.16. The third kappa shape index (κ3) is 2.29. The van der Waals surface area contributed by atoms with Crippen LogP contribution < -0.4 is 4.65 Å². The Morgan fingerprint density at radius 1 is 1.00 bits per heavy atom. The molecule has 15 heavy (non-hydrogen) atoms. The summed E-state index contributed by atoms with van der Waals surface area (Å²) in [6.45, 7) is 17.1. The van der Waals surface area contributed by atoms with Crippen LogP contribution in [0.5, 0.6) is 0 Å². The molecule has 2 unspecified atom stereocenters. The predicted octanol–water partition coefficient (Wildman–Crippen LogP) is 1.03. The number of hydrogen-bond donors (Lipinski definition) is 1. The fourth-order valence-corrected chi connectivity index (χ4v) is 21.4. The molecule has 0 spiro atoms. The minimum atomic E-state index is -1.27. The van der Waals surface area contributed by atoms with Gasteiger partial charge in [0.05, 0.1) is 0 Å². The lowest BCUT2D eigenvalue weighted by Gasteiger charge is -2.56. The molecule has 1 fully saturated rings. The molecule has 2 atom stereocenters. The van der Waals surface area contributed by atoms with Crippen molar-refractivity contribution in [2.75, 3.05) is 13.1 Å². The van der Waals surface area contributed by atoms with Crippen LogP contribution in [-0.4, -0.2) is 48.2 Å². The molecule has 90 valence electrons. The van der Waals surface area contributed by atoms with Gasteiger partial charge in [-0.25, -0.2) is 0 Å². The molecule has 1 rings (SSSR count). The van der Waals surface area contributed by atoms with Crippen molar-refractivity contribution in [1.29, 1.82) is 0 Å². The summed E-state index contributed by atoms with van der Waals surface area (Å²) in [5.41, 5.74) is 0. The molecule has 1 aliphatic heterocycles. The van der Waals surface area contributed by atoms with Gasteiger partial charge in [-0.15, -0.1) is 0 Å². The van der Waals surface area contributed by atoms with Crippen molar-refractivity contribution >= 4 is 26.6 Å². The smallest absolute Gasteiger partial charge is 0.191 e. The van der Waals surface area contributed by atoms with Crippen molar-refractivity contribution in [3.05, 3.63) is 0 Å². The second-order valence-corrected chi connectivity index (χ2v) is 15.3. The molecular formula is C9H27N3Si3. The molecule has 1 aliphatic rings. The van der Waals surface area contributed by atoms with Gasteiger partial charge in [0.25, 0.3) is 0 Å². The maximum Gasteiger partial charge on any atom is 0.191 e. The van der Waals surface area contributed by atoms with Crippen LogP contribution in [0.1, 0.15) is 20.8 Å². The van der Waals surface area contributed by atoms with Crippen LogP contribution in [0.3, 0.4) is 0 Å². The van der Waals surface area contributed by atoms with Crippen molar-refractivity contribution in [3.63, 3.8) is 0 Å².